The number of nitrogens with one attached hydrogen (secondary N) is 1. The Balaban J connectivity index is 2.50. The van der Waals surface area contributed by atoms with Gasteiger partial charge in [0.2, 0.25) is 0 Å². The molecule has 4 atom stereocenters. The van der Waals surface area contributed by atoms with Gasteiger partial charge in [-0.3, -0.25) is 10.1 Å². The van der Waals surface area contributed by atoms with E-state index in [1.54, 1.807) is 32.0 Å². The van der Waals surface area contributed by atoms with Crippen molar-refractivity contribution in [2.24, 2.45) is 5.92 Å². The molecule has 11 heteroatoms. The van der Waals surface area contributed by atoms with Crippen molar-refractivity contribution in [3.63, 3.8) is 0 Å². The van der Waals surface area contributed by atoms with Gasteiger partial charge in [0, 0.05) is 5.25 Å². The van der Waals surface area contributed by atoms with Crippen molar-refractivity contribution in [2.45, 2.75) is 43.7 Å². The first kappa shape index (κ1) is 22.1. The Bertz CT molecular complexity index is 788. The lowest BCUT2D eigenvalue weighted by atomic mass is 9.86. The summed E-state index contributed by atoms with van der Waals surface area (Å²) in [4.78, 5) is 11.0. The molecule has 0 aromatic heterocycles. The molecule has 1 N–H and O–H groups in total. The Morgan fingerprint density at radius 2 is 2.25 bits per heavy atom. The van der Waals surface area contributed by atoms with Gasteiger partial charge >= 0.3 is 5.85 Å². The van der Waals surface area contributed by atoms with E-state index in [1.165, 1.54) is 12.1 Å². The Kier molecular flexibility index (Phi) is 7.03. The zero-order valence-corrected chi connectivity index (χ0v) is 16.2. The predicted molar refractivity (Wildman–Crippen MR) is 96.4 cm³/mol. The second kappa shape index (κ2) is 8.89. The van der Waals surface area contributed by atoms with Crippen molar-refractivity contribution in [3.05, 3.63) is 39.9 Å². The molecular formula is C17H21F2N3O5S. The standard InChI is InChI=1S/C17H21F2N3O5S/c1-3-12(2)28(25)21-17(22(23)24)15(16(18,19)11-26-9-8-20)10-13-6-4-5-7-14(13)27-17/h4-7,12,15,21H,3,9-11H2,1-2H3/t12-,15?,17+,28?/m1/s1. The number of ether oxygens (including phenoxy) is 2. The van der Waals surface area contributed by atoms with Crippen LogP contribution in [0.1, 0.15) is 25.8 Å². The molecule has 154 valence electrons. The summed E-state index contributed by atoms with van der Waals surface area (Å²) < 4.78 is 54.7. The van der Waals surface area contributed by atoms with Gasteiger partial charge in [-0.1, -0.05) is 25.1 Å². The maximum Gasteiger partial charge on any atom is 0.446 e. The third-order valence-corrected chi connectivity index (χ3v) is 6.12. The molecule has 0 radical (unpaired) electrons. The van der Waals surface area contributed by atoms with Crippen LogP contribution in [0.3, 0.4) is 0 Å². The first-order valence-corrected chi connectivity index (χ1v) is 9.81. The van der Waals surface area contributed by atoms with Crippen LogP contribution in [-0.4, -0.2) is 39.4 Å². The zero-order valence-electron chi connectivity index (χ0n) is 15.4. The molecule has 0 spiro atoms. The van der Waals surface area contributed by atoms with E-state index < -0.39 is 58.5 Å². The summed E-state index contributed by atoms with van der Waals surface area (Å²) in [5.41, 5.74) is 0.362. The highest BCUT2D eigenvalue weighted by atomic mass is 32.2. The van der Waals surface area contributed by atoms with Gasteiger partial charge in [0.25, 0.3) is 5.92 Å². The fraction of sp³-hybridized carbons (Fsp3) is 0.588. The number of alkyl halides is 2. The number of hydrogen-bond acceptors (Lipinski definition) is 6. The molecular weight excluding hydrogens is 396 g/mol. The van der Waals surface area contributed by atoms with Crippen LogP contribution in [0.5, 0.6) is 5.75 Å². The number of benzene rings is 1. The summed E-state index contributed by atoms with van der Waals surface area (Å²) in [5, 5.41) is 19.9. The van der Waals surface area contributed by atoms with E-state index >= 15 is 0 Å². The SMILES string of the molecule is CC[C@@H](C)S(=O)N[C@@]1([N+](=O)[O-])Oc2ccccc2CC1C(F)(F)COCC#N. The fourth-order valence-corrected chi connectivity index (χ4v) is 3.88. The van der Waals surface area contributed by atoms with E-state index in [1.807, 2.05) is 0 Å². The molecule has 1 aromatic rings. The first-order valence-electron chi connectivity index (χ1n) is 8.60. The summed E-state index contributed by atoms with van der Waals surface area (Å²) in [6, 6.07) is 7.70. The number of halogens is 2. The number of nitrogens with zero attached hydrogens (tertiary/aromatic N) is 2. The van der Waals surface area contributed by atoms with Crippen LogP contribution in [0.4, 0.5) is 8.78 Å². The largest absolute Gasteiger partial charge is 0.446 e. The van der Waals surface area contributed by atoms with Gasteiger partial charge in [-0.25, -0.2) is 13.0 Å². The molecule has 8 nitrogen and oxygen atoms in total. The normalized spacial score (nSPS) is 23.8. The minimum atomic E-state index is -3.73. The lowest BCUT2D eigenvalue weighted by Gasteiger charge is -2.40. The number of nitriles is 1. The molecule has 2 rings (SSSR count). The number of fused-ring (bicyclic) bond motifs is 1. The van der Waals surface area contributed by atoms with Crippen LogP contribution in [-0.2, 0) is 22.1 Å². The molecule has 0 fully saturated rings. The second-order valence-corrected chi connectivity index (χ2v) is 8.05. The molecule has 28 heavy (non-hydrogen) atoms. The van der Waals surface area contributed by atoms with Crippen LogP contribution in [0.25, 0.3) is 0 Å². The van der Waals surface area contributed by atoms with Crippen LogP contribution in [0, 0.1) is 27.4 Å². The van der Waals surface area contributed by atoms with Crippen molar-refractivity contribution in [3.8, 4) is 11.8 Å². The highest BCUT2D eigenvalue weighted by Crippen LogP contribution is 2.44. The third kappa shape index (κ3) is 4.45. The summed E-state index contributed by atoms with van der Waals surface area (Å²) in [7, 11) is -2.01. The highest BCUT2D eigenvalue weighted by Gasteiger charge is 2.67. The summed E-state index contributed by atoms with van der Waals surface area (Å²) >= 11 is 0. The van der Waals surface area contributed by atoms with Gasteiger partial charge in [0.1, 0.15) is 29.9 Å². The number of nitro groups is 1. The summed E-state index contributed by atoms with van der Waals surface area (Å²) in [6.07, 6.45) is 0.0150. The van der Waals surface area contributed by atoms with E-state index in [4.69, 9.17) is 10.00 Å². The molecule has 1 aliphatic heterocycles. The lowest BCUT2D eigenvalue weighted by molar-refractivity contribution is -0.640. The van der Waals surface area contributed by atoms with Crippen molar-refractivity contribution >= 4 is 11.0 Å². The maximum absolute atomic E-state index is 15.0. The van der Waals surface area contributed by atoms with E-state index in [9.17, 15) is 23.1 Å². The third-order valence-electron chi connectivity index (χ3n) is 4.56. The highest BCUT2D eigenvalue weighted by molar-refractivity contribution is 7.83. The van der Waals surface area contributed by atoms with E-state index in [0.29, 0.717) is 12.0 Å². The van der Waals surface area contributed by atoms with Gasteiger partial charge in [-0.2, -0.15) is 5.26 Å². The first-order chi connectivity index (χ1) is 13.2. The average Bonchev–Trinajstić information content (AvgIpc) is 2.66. The minimum absolute atomic E-state index is 0.0674. The number of para-hydroxylation sites is 1. The molecule has 0 saturated heterocycles. The van der Waals surface area contributed by atoms with E-state index in [-0.39, 0.29) is 5.75 Å². The summed E-state index contributed by atoms with van der Waals surface area (Å²) in [6.45, 7) is 1.51. The van der Waals surface area contributed by atoms with Crippen LogP contribution in [0.2, 0.25) is 0 Å². The van der Waals surface area contributed by atoms with Gasteiger partial charge < -0.3 is 9.47 Å². The molecule has 0 bridgehead atoms. The molecule has 0 saturated carbocycles. The fourth-order valence-electron chi connectivity index (χ4n) is 2.83. The topological polar surface area (TPSA) is 114 Å². The predicted octanol–water partition coefficient (Wildman–Crippen LogP) is 2.40. The minimum Gasteiger partial charge on any atom is -0.414 e. The van der Waals surface area contributed by atoms with E-state index in [0.717, 1.165) is 0 Å². The molecule has 1 heterocycles. The quantitative estimate of drug-likeness (QED) is 0.286. The Hall–Kier alpha value is -2.16. The summed E-state index contributed by atoms with van der Waals surface area (Å²) in [5.74, 6) is -8.50. The van der Waals surface area contributed by atoms with Crippen molar-refractivity contribution in [2.75, 3.05) is 13.2 Å². The smallest absolute Gasteiger partial charge is 0.414 e. The average molecular weight is 417 g/mol. The monoisotopic (exact) mass is 417 g/mol. The molecule has 0 amide bonds. The van der Waals surface area contributed by atoms with Crippen LogP contribution >= 0.6 is 0 Å². The van der Waals surface area contributed by atoms with Gasteiger partial charge in [0.05, 0.1) is 11.0 Å². The van der Waals surface area contributed by atoms with Crippen molar-refractivity contribution in [1.29, 1.82) is 5.26 Å². The zero-order chi connectivity index (χ0) is 20.9. The molecule has 1 aliphatic rings. The van der Waals surface area contributed by atoms with Crippen LogP contribution < -0.4 is 9.46 Å². The van der Waals surface area contributed by atoms with Gasteiger partial charge in [-0.05, 0) is 31.4 Å². The molecule has 0 aliphatic carbocycles. The number of rotatable bonds is 9. The van der Waals surface area contributed by atoms with Crippen LogP contribution in [0.15, 0.2) is 24.3 Å². The van der Waals surface area contributed by atoms with Crippen molar-refractivity contribution < 1.29 is 27.4 Å². The molecule has 2 unspecified atom stereocenters. The van der Waals surface area contributed by atoms with Gasteiger partial charge in [-0.15, -0.1) is 4.72 Å². The Morgan fingerprint density at radius 1 is 1.57 bits per heavy atom. The Morgan fingerprint density at radius 3 is 2.86 bits per heavy atom. The van der Waals surface area contributed by atoms with Crippen molar-refractivity contribution in [1.82, 2.24) is 4.72 Å². The number of hydrogen-bond donors (Lipinski definition) is 1. The molecule has 1 aromatic carbocycles. The van der Waals surface area contributed by atoms with E-state index in [2.05, 4.69) is 9.46 Å². The second-order valence-electron chi connectivity index (χ2n) is 6.45. The lowest BCUT2D eigenvalue weighted by Crippen LogP contribution is -2.69. The maximum atomic E-state index is 15.0. The Labute approximate surface area is 163 Å². The van der Waals surface area contributed by atoms with Gasteiger partial charge in [0.15, 0.2) is 5.92 Å².